The number of anilines is 1. The molecule has 2 N–H and O–H groups in total. The zero-order valence-electron chi connectivity index (χ0n) is 13.6. The Hall–Kier alpha value is -2.23. The molecule has 1 aromatic carbocycles. The fraction of sp³-hybridized carbons (Fsp3) is 0.389. The number of hydrogen-bond donors (Lipinski definition) is 2. The molecule has 1 heterocycles. The van der Waals surface area contributed by atoms with E-state index in [1.54, 1.807) is 12.3 Å². The molecule has 0 aliphatic carbocycles. The molecule has 0 aliphatic rings. The minimum Gasteiger partial charge on any atom is -0.467 e. The number of urea groups is 1. The van der Waals surface area contributed by atoms with E-state index in [9.17, 15) is 4.79 Å². The van der Waals surface area contributed by atoms with Crippen LogP contribution in [0, 0.1) is 0 Å². The number of carbonyl (C=O) groups is 1. The maximum absolute atomic E-state index is 12.2. The Labute approximate surface area is 131 Å². The Balaban J connectivity index is 2.14. The summed E-state index contributed by atoms with van der Waals surface area (Å²) >= 11 is 0. The molecule has 118 valence electrons. The van der Waals surface area contributed by atoms with Crippen molar-refractivity contribution in [3.05, 3.63) is 53.5 Å². The van der Waals surface area contributed by atoms with E-state index in [0.717, 1.165) is 22.6 Å². The first-order valence-electron chi connectivity index (χ1n) is 7.69. The molecular formula is C18H24N2O2. The summed E-state index contributed by atoms with van der Waals surface area (Å²) < 4.78 is 5.22. The SMILES string of the molecule is CC(C)c1cccc(C(C)C)c1NC(=O)NCc1ccco1. The monoisotopic (exact) mass is 300 g/mol. The highest BCUT2D eigenvalue weighted by Gasteiger charge is 2.15. The number of carbonyl (C=O) groups excluding carboxylic acids is 1. The van der Waals surface area contributed by atoms with Crippen LogP contribution in [-0.4, -0.2) is 6.03 Å². The minimum absolute atomic E-state index is 0.216. The van der Waals surface area contributed by atoms with Gasteiger partial charge in [0.15, 0.2) is 0 Å². The summed E-state index contributed by atoms with van der Waals surface area (Å²) in [5.41, 5.74) is 3.23. The lowest BCUT2D eigenvalue weighted by Gasteiger charge is -2.20. The van der Waals surface area contributed by atoms with Crippen LogP contribution in [0.5, 0.6) is 0 Å². The van der Waals surface area contributed by atoms with Crippen LogP contribution in [0.2, 0.25) is 0 Å². The van der Waals surface area contributed by atoms with Crippen LogP contribution in [0.3, 0.4) is 0 Å². The van der Waals surface area contributed by atoms with Crippen molar-refractivity contribution in [3.8, 4) is 0 Å². The topological polar surface area (TPSA) is 54.3 Å². The van der Waals surface area contributed by atoms with Crippen LogP contribution in [0.1, 0.15) is 56.4 Å². The van der Waals surface area contributed by atoms with Crippen molar-refractivity contribution >= 4 is 11.7 Å². The van der Waals surface area contributed by atoms with E-state index >= 15 is 0 Å². The predicted octanol–water partition coefficient (Wildman–Crippen LogP) is 4.85. The Morgan fingerprint density at radius 3 is 2.18 bits per heavy atom. The summed E-state index contributed by atoms with van der Waals surface area (Å²) in [6.45, 7) is 8.90. The second-order valence-corrected chi connectivity index (χ2v) is 6.01. The van der Waals surface area contributed by atoms with E-state index < -0.39 is 0 Å². The fourth-order valence-electron chi connectivity index (χ4n) is 2.43. The first kappa shape index (κ1) is 16.1. The number of rotatable bonds is 5. The summed E-state index contributed by atoms with van der Waals surface area (Å²) in [7, 11) is 0. The van der Waals surface area contributed by atoms with E-state index in [1.807, 2.05) is 6.07 Å². The third kappa shape index (κ3) is 3.91. The van der Waals surface area contributed by atoms with Gasteiger partial charge in [-0.3, -0.25) is 0 Å². The van der Waals surface area contributed by atoms with E-state index in [1.165, 1.54) is 0 Å². The molecule has 0 bridgehead atoms. The number of furan rings is 1. The molecule has 4 heteroatoms. The Bertz CT molecular complexity index is 590. The fourth-order valence-corrected chi connectivity index (χ4v) is 2.43. The summed E-state index contributed by atoms with van der Waals surface area (Å²) in [5.74, 6) is 1.43. The molecule has 1 aromatic heterocycles. The molecule has 0 unspecified atom stereocenters. The highest BCUT2D eigenvalue weighted by atomic mass is 16.3. The lowest BCUT2D eigenvalue weighted by molar-refractivity contribution is 0.250. The molecule has 0 aliphatic heterocycles. The van der Waals surface area contributed by atoms with Gasteiger partial charge in [0.1, 0.15) is 5.76 Å². The van der Waals surface area contributed by atoms with Gasteiger partial charge in [-0.1, -0.05) is 45.9 Å². The number of amides is 2. The second-order valence-electron chi connectivity index (χ2n) is 6.01. The van der Waals surface area contributed by atoms with Gasteiger partial charge in [0.25, 0.3) is 0 Å². The van der Waals surface area contributed by atoms with Gasteiger partial charge in [0.05, 0.1) is 12.8 Å². The Kier molecular flexibility index (Phi) is 5.26. The quantitative estimate of drug-likeness (QED) is 0.829. The summed E-state index contributed by atoms with van der Waals surface area (Å²) in [6, 6.07) is 9.61. The van der Waals surface area contributed by atoms with Crippen molar-refractivity contribution in [1.29, 1.82) is 0 Å². The van der Waals surface area contributed by atoms with Gasteiger partial charge in [-0.05, 0) is 35.1 Å². The van der Waals surface area contributed by atoms with Crippen molar-refractivity contribution in [2.75, 3.05) is 5.32 Å². The number of nitrogens with one attached hydrogen (secondary N) is 2. The molecule has 2 amide bonds. The summed E-state index contributed by atoms with van der Waals surface area (Å²) in [5, 5.41) is 5.83. The maximum atomic E-state index is 12.2. The van der Waals surface area contributed by atoms with Crippen LogP contribution in [-0.2, 0) is 6.54 Å². The van der Waals surface area contributed by atoms with Gasteiger partial charge in [-0.15, -0.1) is 0 Å². The second kappa shape index (κ2) is 7.16. The maximum Gasteiger partial charge on any atom is 0.319 e. The van der Waals surface area contributed by atoms with Crippen molar-refractivity contribution in [2.24, 2.45) is 0 Å². The van der Waals surface area contributed by atoms with E-state index in [-0.39, 0.29) is 6.03 Å². The smallest absolute Gasteiger partial charge is 0.319 e. The normalized spacial score (nSPS) is 11.0. The highest BCUT2D eigenvalue weighted by molar-refractivity contribution is 5.91. The van der Waals surface area contributed by atoms with Crippen LogP contribution in [0.25, 0.3) is 0 Å². The van der Waals surface area contributed by atoms with E-state index in [0.29, 0.717) is 18.4 Å². The minimum atomic E-state index is -0.216. The van der Waals surface area contributed by atoms with Crippen molar-refractivity contribution in [3.63, 3.8) is 0 Å². The van der Waals surface area contributed by atoms with Gasteiger partial charge in [-0.25, -0.2) is 4.79 Å². The van der Waals surface area contributed by atoms with Crippen LogP contribution in [0.4, 0.5) is 10.5 Å². The van der Waals surface area contributed by atoms with Crippen LogP contribution >= 0.6 is 0 Å². The predicted molar refractivity (Wildman–Crippen MR) is 89.2 cm³/mol. The lowest BCUT2D eigenvalue weighted by atomic mass is 9.93. The molecule has 2 aromatic rings. The van der Waals surface area contributed by atoms with Gasteiger partial charge >= 0.3 is 6.03 Å². The third-order valence-corrected chi connectivity index (χ3v) is 3.61. The first-order chi connectivity index (χ1) is 10.5. The number of para-hydroxylation sites is 1. The molecule has 22 heavy (non-hydrogen) atoms. The van der Waals surface area contributed by atoms with Crippen molar-refractivity contribution in [2.45, 2.75) is 46.1 Å². The van der Waals surface area contributed by atoms with Crippen molar-refractivity contribution < 1.29 is 9.21 Å². The van der Waals surface area contributed by atoms with Crippen LogP contribution < -0.4 is 10.6 Å². The average Bonchev–Trinajstić information content (AvgIpc) is 2.98. The number of hydrogen-bond acceptors (Lipinski definition) is 2. The Morgan fingerprint density at radius 1 is 1.05 bits per heavy atom. The molecular weight excluding hydrogens is 276 g/mol. The molecule has 0 spiro atoms. The van der Waals surface area contributed by atoms with E-state index in [2.05, 4.69) is 56.5 Å². The summed E-state index contributed by atoms with van der Waals surface area (Å²) in [6.07, 6.45) is 1.60. The van der Waals surface area contributed by atoms with Crippen LogP contribution in [0.15, 0.2) is 41.0 Å². The zero-order chi connectivity index (χ0) is 16.1. The summed E-state index contributed by atoms with van der Waals surface area (Å²) in [4.78, 5) is 12.2. The molecule has 0 atom stereocenters. The molecule has 0 fully saturated rings. The van der Waals surface area contributed by atoms with Gasteiger partial charge in [0, 0.05) is 5.69 Å². The Morgan fingerprint density at radius 2 is 1.68 bits per heavy atom. The van der Waals surface area contributed by atoms with Gasteiger partial charge in [-0.2, -0.15) is 0 Å². The lowest BCUT2D eigenvalue weighted by Crippen LogP contribution is -2.29. The molecule has 0 saturated heterocycles. The van der Waals surface area contributed by atoms with Crippen molar-refractivity contribution in [1.82, 2.24) is 5.32 Å². The average molecular weight is 300 g/mol. The first-order valence-corrected chi connectivity index (χ1v) is 7.69. The largest absolute Gasteiger partial charge is 0.467 e. The zero-order valence-corrected chi connectivity index (χ0v) is 13.6. The highest BCUT2D eigenvalue weighted by Crippen LogP contribution is 2.32. The molecule has 4 nitrogen and oxygen atoms in total. The molecule has 0 radical (unpaired) electrons. The number of benzene rings is 1. The van der Waals surface area contributed by atoms with Gasteiger partial charge < -0.3 is 15.1 Å². The standard InChI is InChI=1S/C18H24N2O2/c1-12(2)15-8-5-9-16(13(3)4)17(15)20-18(21)19-11-14-7-6-10-22-14/h5-10,12-13H,11H2,1-4H3,(H2,19,20,21). The van der Waals surface area contributed by atoms with Gasteiger partial charge in [0.2, 0.25) is 0 Å². The molecule has 0 saturated carbocycles. The third-order valence-electron chi connectivity index (χ3n) is 3.61. The molecule has 2 rings (SSSR count). The van der Waals surface area contributed by atoms with E-state index in [4.69, 9.17) is 4.42 Å².